The number of hydrogen-bond acceptors (Lipinski definition) is 2. The van der Waals surface area contributed by atoms with Crippen LogP contribution in [0.25, 0.3) is 0 Å². The van der Waals surface area contributed by atoms with Crippen molar-refractivity contribution < 1.29 is 4.79 Å². The minimum atomic E-state index is 0. The summed E-state index contributed by atoms with van der Waals surface area (Å²) in [4.78, 5) is 13.5. The Labute approximate surface area is 114 Å². The third kappa shape index (κ3) is 4.44. The molecule has 1 heterocycles. The van der Waals surface area contributed by atoms with Gasteiger partial charge in [0.05, 0.1) is 0 Å². The Kier molecular flexibility index (Phi) is 7.00. The molecule has 5 heteroatoms. The summed E-state index contributed by atoms with van der Waals surface area (Å²) in [5.74, 6) is 0.276. The summed E-state index contributed by atoms with van der Waals surface area (Å²) in [5, 5.41) is 0. The van der Waals surface area contributed by atoms with Crippen LogP contribution in [0, 0.1) is 0 Å². The highest BCUT2D eigenvalue weighted by Gasteiger charge is 2.17. The van der Waals surface area contributed by atoms with Crippen molar-refractivity contribution in [1.82, 2.24) is 4.90 Å². The van der Waals surface area contributed by atoms with Gasteiger partial charge in [-0.25, -0.2) is 0 Å². The fourth-order valence-corrected chi connectivity index (χ4v) is 1.87. The van der Waals surface area contributed by atoms with Gasteiger partial charge in [-0.05, 0) is 30.5 Å². The predicted octanol–water partition coefficient (Wildman–Crippen LogP) is 2.62. The molecule has 2 rings (SSSR count). The molecular weight excluding hydrogens is 259 g/mol. The molecule has 1 amide bonds. The maximum Gasteiger partial charge on any atom is 0.222 e. The van der Waals surface area contributed by atoms with Crippen molar-refractivity contribution in [3.63, 3.8) is 0 Å². The first kappa shape index (κ1) is 16.1. The van der Waals surface area contributed by atoms with Gasteiger partial charge >= 0.3 is 0 Å². The van der Waals surface area contributed by atoms with E-state index in [9.17, 15) is 4.79 Å². The predicted molar refractivity (Wildman–Crippen MR) is 74.6 cm³/mol. The highest BCUT2D eigenvalue weighted by Crippen LogP contribution is 2.15. The zero-order valence-corrected chi connectivity index (χ0v) is 11.2. The maximum absolute atomic E-state index is 11.6. The molecule has 96 valence electrons. The first-order chi connectivity index (χ1) is 7.25. The van der Waals surface area contributed by atoms with Crippen LogP contribution in [0.2, 0.25) is 0 Å². The molecule has 1 aromatic rings. The summed E-state index contributed by atoms with van der Waals surface area (Å²) in [6.45, 7) is 1.61. The van der Waals surface area contributed by atoms with E-state index in [1.54, 1.807) is 0 Å². The molecule has 1 aliphatic rings. The number of hydrogen-bond donors (Lipinski definition) is 1. The number of rotatable bonds is 2. The molecule has 3 nitrogen and oxygen atoms in total. The van der Waals surface area contributed by atoms with Gasteiger partial charge in [0.25, 0.3) is 0 Å². The molecule has 0 radical (unpaired) electrons. The molecule has 0 atom stereocenters. The van der Waals surface area contributed by atoms with Crippen LogP contribution in [0.4, 0.5) is 5.69 Å². The van der Waals surface area contributed by atoms with E-state index in [2.05, 4.69) is 0 Å². The molecule has 17 heavy (non-hydrogen) atoms. The second-order valence-electron chi connectivity index (χ2n) is 4.01. The number of amides is 1. The number of carbonyl (C=O) groups is 1. The van der Waals surface area contributed by atoms with E-state index >= 15 is 0 Å². The molecule has 0 spiro atoms. The molecule has 0 saturated carbocycles. The number of nitrogens with zero attached hydrogens (tertiary/aromatic N) is 1. The lowest BCUT2D eigenvalue weighted by Gasteiger charge is -2.26. The third-order valence-corrected chi connectivity index (χ3v) is 2.77. The zero-order valence-electron chi connectivity index (χ0n) is 9.59. The molecule has 1 aliphatic heterocycles. The monoisotopic (exact) mass is 276 g/mol. The van der Waals surface area contributed by atoms with Crippen molar-refractivity contribution >= 4 is 36.4 Å². The van der Waals surface area contributed by atoms with Crippen LogP contribution >= 0.6 is 24.8 Å². The lowest BCUT2D eigenvalue weighted by atomic mass is 10.1. The average Bonchev–Trinajstić information content (AvgIpc) is 2.25. The van der Waals surface area contributed by atoms with Gasteiger partial charge in [0.1, 0.15) is 0 Å². The Hall–Kier alpha value is -0.930. The normalized spacial score (nSPS) is 14.8. The largest absolute Gasteiger partial charge is 0.399 e. The Balaban J connectivity index is 0.00000128. The fourth-order valence-electron chi connectivity index (χ4n) is 1.87. The second kappa shape index (κ2) is 7.41. The second-order valence-corrected chi connectivity index (χ2v) is 4.01. The standard InChI is InChI=1S/C12H16N2O.2ClH/c13-11-6-4-10(5-7-11)9-14-8-2-1-3-12(14)15;;/h4-7H,1-3,8-9,13H2;2*1H. The molecule has 1 aromatic carbocycles. The van der Waals surface area contributed by atoms with E-state index in [0.29, 0.717) is 6.42 Å². The van der Waals surface area contributed by atoms with Crippen LogP contribution in [-0.4, -0.2) is 17.4 Å². The molecule has 0 unspecified atom stereocenters. The van der Waals surface area contributed by atoms with Gasteiger partial charge in [-0.15, -0.1) is 24.8 Å². The summed E-state index contributed by atoms with van der Waals surface area (Å²) >= 11 is 0. The highest BCUT2D eigenvalue weighted by atomic mass is 35.5. The van der Waals surface area contributed by atoms with E-state index in [0.717, 1.165) is 37.2 Å². The molecule has 1 saturated heterocycles. The number of anilines is 1. The number of benzene rings is 1. The molecular formula is C12H18Cl2N2O. The van der Waals surface area contributed by atoms with E-state index in [1.165, 1.54) is 0 Å². The van der Waals surface area contributed by atoms with Crippen LogP contribution in [0.1, 0.15) is 24.8 Å². The number of halogens is 2. The number of piperidine rings is 1. The molecule has 0 bridgehead atoms. The summed E-state index contributed by atoms with van der Waals surface area (Å²) in [5.41, 5.74) is 7.53. The van der Waals surface area contributed by atoms with Gasteiger partial charge in [-0.3, -0.25) is 4.79 Å². The lowest BCUT2D eigenvalue weighted by molar-refractivity contribution is -0.133. The molecule has 2 N–H and O–H groups in total. The van der Waals surface area contributed by atoms with Crippen molar-refractivity contribution in [2.75, 3.05) is 12.3 Å². The van der Waals surface area contributed by atoms with Crippen molar-refractivity contribution in [2.45, 2.75) is 25.8 Å². The molecule has 0 aromatic heterocycles. The smallest absolute Gasteiger partial charge is 0.222 e. The molecule has 0 aliphatic carbocycles. The quantitative estimate of drug-likeness (QED) is 0.845. The minimum absolute atomic E-state index is 0. The summed E-state index contributed by atoms with van der Waals surface area (Å²) in [6, 6.07) is 7.72. The van der Waals surface area contributed by atoms with Crippen LogP contribution in [0.3, 0.4) is 0 Å². The Morgan fingerprint density at radius 3 is 2.35 bits per heavy atom. The van der Waals surface area contributed by atoms with Gasteiger partial charge < -0.3 is 10.6 Å². The Morgan fingerprint density at radius 2 is 1.76 bits per heavy atom. The number of nitrogens with two attached hydrogens (primary N) is 1. The topological polar surface area (TPSA) is 46.3 Å². The molecule has 1 fully saturated rings. The maximum atomic E-state index is 11.6. The number of carbonyl (C=O) groups excluding carboxylic acids is 1. The van der Waals surface area contributed by atoms with E-state index in [4.69, 9.17) is 5.73 Å². The number of nitrogen functional groups attached to an aromatic ring is 1. The van der Waals surface area contributed by atoms with E-state index < -0.39 is 0 Å². The van der Waals surface area contributed by atoms with Crippen LogP contribution < -0.4 is 5.73 Å². The van der Waals surface area contributed by atoms with Gasteiger partial charge in [0, 0.05) is 25.2 Å². The summed E-state index contributed by atoms with van der Waals surface area (Å²) in [6.07, 6.45) is 2.87. The number of likely N-dealkylation sites (tertiary alicyclic amines) is 1. The van der Waals surface area contributed by atoms with Gasteiger partial charge in [-0.1, -0.05) is 12.1 Å². The van der Waals surface area contributed by atoms with Gasteiger partial charge in [0.15, 0.2) is 0 Å². The summed E-state index contributed by atoms with van der Waals surface area (Å²) < 4.78 is 0. The summed E-state index contributed by atoms with van der Waals surface area (Å²) in [7, 11) is 0. The third-order valence-electron chi connectivity index (χ3n) is 2.77. The zero-order chi connectivity index (χ0) is 10.7. The first-order valence-corrected chi connectivity index (χ1v) is 5.38. The average molecular weight is 277 g/mol. The Morgan fingerprint density at radius 1 is 1.12 bits per heavy atom. The van der Waals surface area contributed by atoms with Crippen molar-refractivity contribution in [3.05, 3.63) is 29.8 Å². The highest BCUT2D eigenvalue weighted by molar-refractivity contribution is 5.85. The van der Waals surface area contributed by atoms with Crippen LogP contribution in [-0.2, 0) is 11.3 Å². The van der Waals surface area contributed by atoms with Gasteiger partial charge in [0.2, 0.25) is 5.91 Å². The lowest BCUT2D eigenvalue weighted by Crippen LogP contribution is -2.34. The van der Waals surface area contributed by atoms with Crippen LogP contribution in [0.5, 0.6) is 0 Å². The minimum Gasteiger partial charge on any atom is -0.399 e. The SMILES string of the molecule is Cl.Cl.Nc1ccc(CN2CCCCC2=O)cc1. The van der Waals surface area contributed by atoms with Crippen molar-refractivity contribution in [1.29, 1.82) is 0 Å². The van der Waals surface area contributed by atoms with Gasteiger partial charge in [-0.2, -0.15) is 0 Å². The van der Waals surface area contributed by atoms with Crippen molar-refractivity contribution in [3.8, 4) is 0 Å². The van der Waals surface area contributed by atoms with E-state index in [-0.39, 0.29) is 30.7 Å². The Bertz CT molecular complexity index is 354. The van der Waals surface area contributed by atoms with Crippen LogP contribution in [0.15, 0.2) is 24.3 Å². The van der Waals surface area contributed by atoms with E-state index in [1.807, 2.05) is 29.2 Å². The first-order valence-electron chi connectivity index (χ1n) is 5.38. The van der Waals surface area contributed by atoms with Crippen molar-refractivity contribution in [2.24, 2.45) is 0 Å². The fraction of sp³-hybridized carbons (Fsp3) is 0.417.